The molecule has 0 atom stereocenters. The van der Waals surface area contributed by atoms with Gasteiger partial charge in [-0.3, -0.25) is 4.79 Å². The Kier molecular flexibility index (Phi) is 6.02. The maximum absolute atomic E-state index is 11.6. The van der Waals surface area contributed by atoms with Crippen molar-refractivity contribution in [3.63, 3.8) is 0 Å². The smallest absolute Gasteiger partial charge is 0.310 e. The number of hydrogen-bond acceptors (Lipinski definition) is 4. The van der Waals surface area contributed by atoms with Gasteiger partial charge in [-0.1, -0.05) is 32.9 Å². The lowest BCUT2D eigenvalue weighted by Crippen LogP contribution is -2.18. The molecule has 0 heterocycles. The topological polar surface area (TPSA) is 55.8 Å². The molecule has 0 aliphatic carbocycles. The van der Waals surface area contributed by atoms with E-state index in [1.165, 1.54) is 0 Å². The molecular formula is C16H24O4. The standard InChI is InChI=1S/C16H24O4/c1-5-16(2,3)13-10-12(6-7-14(13)19-4)11-15(18)20-9-8-17/h6-7,10,17H,5,8-9,11H2,1-4H3. The van der Waals surface area contributed by atoms with Crippen LogP contribution in [-0.4, -0.2) is 31.4 Å². The van der Waals surface area contributed by atoms with Crippen molar-refractivity contribution in [1.29, 1.82) is 0 Å². The van der Waals surface area contributed by atoms with Crippen LogP contribution in [0.4, 0.5) is 0 Å². The molecule has 112 valence electrons. The summed E-state index contributed by atoms with van der Waals surface area (Å²) in [4.78, 5) is 11.6. The number of carbonyl (C=O) groups is 1. The van der Waals surface area contributed by atoms with Crippen LogP contribution in [0.15, 0.2) is 18.2 Å². The van der Waals surface area contributed by atoms with Crippen LogP contribution in [0.25, 0.3) is 0 Å². The first kappa shape index (κ1) is 16.5. The van der Waals surface area contributed by atoms with Crippen molar-refractivity contribution in [2.75, 3.05) is 20.3 Å². The van der Waals surface area contributed by atoms with Gasteiger partial charge in [-0.05, 0) is 23.5 Å². The van der Waals surface area contributed by atoms with Crippen molar-refractivity contribution in [3.05, 3.63) is 29.3 Å². The van der Waals surface area contributed by atoms with Crippen molar-refractivity contribution in [2.24, 2.45) is 0 Å². The molecule has 4 nitrogen and oxygen atoms in total. The molecule has 0 amide bonds. The average Bonchev–Trinajstić information content (AvgIpc) is 2.45. The zero-order valence-corrected chi connectivity index (χ0v) is 12.7. The zero-order chi connectivity index (χ0) is 15.2. The van der Waals surface area contributed by atoms with Gasteiger partial charge in [-0.2, -0.15) is 0 Å². The molecule has 0 saturated carbocycles. The van der Waals surface area contributed by atoms with E-state index in [-0.39, 0.29) is 31.0 Å². The summed E-state index contributed by atoms with van der Waals surface area (Å²) in [6.07, 6.45) is 1.18. The van der Waals surface area contributed by atoms with Gasteiger partial charge in [0.25, 0.3) is 0 Å². The Hall–Kier alpha value is -1.55. The van der Waals surface area contributed by atoms with Crippen LogP contribution >= 0.6 is 0 Å². The fraction of sp³-hybridized carbons (Fsp3) is 0.562. The summed E-state index contributed by atoms with van der Waals surface area (Å²) in [5.74, 6) is 0.508. The summed E-state index contributed by atoms with van der Waals surface area (Å²) in [5, 5.41) is 8.64. The zero-order valence-electron chi connectivity index (χ0n) is 12.7. The molecule has 0 unspecified atom stereocenters. The number of aliphatic hydroxyl groups excluding tert-OH is 1. The van der Waals surface area contributed by atoms with E-state index in [0.29, 0.717) is 0 Å². The predicted octanol–water partition coefficient (Wildman–Crippen LogP) is 2.46. The molecule has 1 aromatic carbocycles. The van der Waals surface area contributed by atoms with E-state index in [4.69, 9.17) is 14.6 Å². The van der Waals surface area contributed by atoms with Crippen LogP contribution in [0, 0.1) is 0 Å². The summed E-state index contributed by atoms with van der Waals surface area (Å²) in [6.45, 7) is 6.32. The van der Waals surface area contributed by atoms with Crippen LogP contribution in [0.5, 0.6) is 5.75 Å². The molecule has 0 saturated heterocycles. The van der Waals surface area contributed by atoms with Gasteiger partial charge in [-0.25, -0.2) is 0 Å². The number of carbonyl (C=O) groups excluding carboxylic acids is 1. The van der Waals surface area contributed by atoms with Gasteiger partial charge in [0.05, 0.1) is 20.1 Å². The highest BCUT2D eigenvalue weighted by Gasteiger charge is 2.23. The van der Waals surface area contributed by atoms with E-state index in [9.17, 15) is 4.79 Å². The lowest BCUT2D eigenvalue weighted by atomic mass is 9.81. The Morgan fingerprint density at radius 3 is 2.60 bits per heavy atom. The lowest BCUT2D eigenvalue weighted by Gasteiger charge is -2.26. The first-order valence-corrected chi connectivity index (χ1v) is 6.88. The maximum atomic E-state index is 11.6. The molecule has 1 aromatic rings. The maximum Gasteiger partial charge on any atom is 0.310 e. The molecule has 0 aliphatic rings. The van der Waals surface area contributed by atoms with Crippen LogP contribution in [0.3, 0.4) is 0 Å². The highest BCUT2D eigenvalue weighted by Crippen LogP contribution is 2.34. The SMILES string of the molecule is CCC(C)(C)c1cc(CC(=O)OCCO)ccc1OC. The fourth-order valence-corrected chi connectivity index (χ4v) is 1.96. The van der Waals surface area contributed by atoms with E-state index in [1.807, 2.05) is 18.2 Å². The summed E-state index contributed by atoms with van der Waals surface area (Å²) in [6, 6.07) is 5.76. The van der Waals surface area contributed by atoms with E-state index in [0.717, 1.165) is 23.3 Å². The second-order valence-corrected chi connectivity index (χ2v) is 5.39. The molecule has 4 heteroatoms. The third-order valence-electron chi connectivity index (χ3n) is 3.58. The molecule has 1 N–H and O–H groups in total. The van der Waals surface area contributed by atoms with Gasteiger partial charge in [0.2, 0.25) is 0 Å². The first-order valence-electron chi connectivity index (χ1n) is 6.88. The Balaban J connectivity index is 2.95. The van der Waals surface area contributed by atoms with Crippen molar-refractivity contribution >= 4 is 5.97 Å². The van der Waals surface area contributed by atoms with Crippen molar-refractivity contribution in [3.8, 4) is 5.75 Å². The number of benzene rings is 1. The number of esters is 1. The molecular weight excluding hydrogens is 256 g/mol. The summed E-state index contributed by atoms with van der Waals surface area (Å²) in [7, 11) is 1.65. The monoisotopic (exact) mass is 280 g/mol. The Morgan fingerprint density at radius 1 is 1.35 bits per heavy atom. The molecule has 0 aliphatic heterocycles. The summed E-state index contributed by atoms with van der Waals surface area (Å²) < 4.78 is 10.3. The highest BCUT2D eigenvalue weighted by atomic mass is 16.5. The van der Waals surface area contributed by atoms with Gasteiger partial charge in [0, 0.05) is 5.56 Å². The number of rotatable bonds is 7. The van der Waals surface area contributed by atoms with Crippen LogP contribution < -0.4 is 4.74 Å². The molecule has 0 bridgehead atoms. The summed E-state index contributed by atoms with van der Waals surface area (Å²) >= 11 is 0. The van der Waals surface area contributed by atoms with Crippen molar-refractivity contribution < 1.29 is 19.4 Å². The number of ether oxygens (including phenoxy) is 2. The molecule has 0 fully saturated rings. The third-order valence-corrected chi connectivity index (χ3v) is 3.58. The lowest BCUT2D eigenvalue weighted by molar-refractivity contribution is -0.143. The Labute approximate surface area is 120 Å². The van der Waals surface area contributed by atoms with E-state index >= 15 is 0 Å². The van der Waals surface area contributed by atoms with Crippen LogP contribution in [0.1, 0.15) is 38.3 Å². The molecule has 1 rings (SSSR count). The number of hydrogen-bond donors (Lipinski definition) is 1. The molecule has 0 spiro atoms. The number of methoxy groups -OCH3 is 1. The second-order valence-electron chi connectivity index (χ2n) is 5.39. The molecule has 20 heavy (non-hydrogen) atoms. The van der Waals surface area contributed by atoms with Gasteiger partial charge >= 0.3 is 5.97 Å². The molecule has 0 radical (unpaired) electrons. The van der Waals surface area contributed by atoms with Gasteiger partial charge in [-0.15, -0.1) is 0 Å². The van der Waals surface area contributed by atoms with Gasteiger partial charge in [0.1, 0.15) is 12.4 Å². The first-order chi connectivity index (χ1) is 9.44. The molecule has 0 aromatic heterocycles. The average molecular weight is 280 g/mol. The van der Waals surface area contributed by atoms with E-state index in [2.05, 4.69) is 20.8 Å². The quantitative estimate of drug-likeness (QED) is 0.780. The minimum atomic E-state index is -0.329. The number of aliphatic hydroxyl groups is 1. The minimum absolute atomic E-state index is 0.0175. The predicted molar refractivity (Wildman–Crippen MR) is 78.1 cm³/mol. The van der Waals surface area contributed by atoms with E-state index < -0.39 is 0 Å². The van der Waals surface area contributed by atoms with Crippen molar-refractivity contribution in [2.45, 2.75) is 39.0 Å². The van der Waals surface area contributed by atoms with Crippen molar-refractivity contribution in [1.82, 2.24) is 0 Å². The van der Waals surface area contributed by atoms with Gasteiger partial charge < -0.3 is 14.6 Å². The van der Waals surface area contributed by atoms with Gasteiger partial charge in [0.15, 0.2) is 0 Å². The third kappa shape index (κ3) is 4.23. The van der Waals surface area contributed by atoms with Crippen LogP contribution in [-0.2, 0) is 21.4 Å². The fourth-order valence-electron chi connectivity index (χ4n) is 1.96. The van der Waals surface area contributed by atoms with E-state index in [1.54, 1.807) is 7.11 Å². The Morgan fingerprint density at radius 2 is 2.05 bits per heavy atom. The largest absolute Gasteiger partial charge is 0.496 e. The Bertz CT molecular complexity index is 452. The second kappa shape index (κ2) is 7.29. The van der Waals surface area contributed by atoms with Crippen LogP contribution in [0.2, 0.25) is 0 Å². The highest BCUT2D eigenvalue weighted by molar-refractivity contribution is 5.72. The summed E-state index contributed by atoms with van der Waals surface area (Å²) in [5.41, 5.74) is 1.97. The minimum Gasteiger partial charge on any atom is -0.496 e. The normalized spacial score (nSPS) is 11.2.